The van der Waals surface area contributed by atoms with E-state index in [1.54, 1.807) is 6.92 Å². The third-order valence-corrected chi connectivity index (χ3v) is 5.17. The topological polar surface area (TPSA) is 161 Å². The van der Waals surface area contributed by atoms with E-state index in [4.69, 9.17) is 28.5 Å². The zero-order valence-electron chi connectivity index (χ0n) is 21.9. The Morgan fingerprint density at radius 1 is 0.769 bits per heavy atom. The number of ether oxygens (including phenoxy) is 5. The summed E-state index contributed by atoms with van der Waals surface area (Å²) in [5.41, 5.74) is 1.82. The summed E-state index contributed by atoms with van der Waals surface area (Å²) in [5, 5.41) is 16.5. The number of hydrogen-bond donors (Lipinski definition) is 0. The van der Waals surface area contributed by atoms with Crippen LogP contribution in [0.3, 0.4) is 0 Å². The Kier molecular flexibility index (Phi) is 13.3. The maximum absolute atomic E-state index is 11.6. The fourth-order valence-corrected chi connectivity index (χ4v) is 3.23. The van der Waals surface area contributed by atoms with Gasteiger partial charge >= 0.3 is 5.97 Å². The first-order valence-corrected chi connectivity index (χ1v) is 12.6. The molecule has 1 aliphatic rings. The van der Waals surface area contributed by atoms with Crippen LogP contribution in [0.15, 0.2) is 24.3 Å². The number of amides is 2. The van der Waals surface area contributed by atoms with Crippen molar-refractivity contribution in [3.63, 3.8) is 0 Å². The molecule has 14 heteroatoms. The predicted molar refractivity (Wildman–Crippen MR) is 133 cm³/mol. The van der Waals surface area contributed by atoms with Crippen molar-refractivity contribution < 1.29 is 42.9 Å². The van der Waals surface area contributed by atoms with Crippen molar-refractivity contribution in [3.05, 3.63) is 35.7 Å². The van der Waals surface area contributed by atoms with E-state index in [0.717, 1.165) is 11.1 Å². The van der Waals surface area contributed by atoms with Crippen LogP contribution in [0.1, 0.15) is 30.7 Å². The molecule has 0 N–H and O–H groups in total. The number of hydroxylamine groups is 2. The Morgan fingerprint density at radius 3 is 1.90 bits per heavy atom. The molecule has 14 nitrogen and oxygen atoms in total. The van der Waals surface area contributed by atoms with E-state index in [2.05, 4.69) is 20.4 Å². The zero-order chi connectivity index (χ0) is 27.7. The van der Waals surface area contributed by atoms with Gasteiger partial charge in [-0.05, 0) is 18.6 Å². The number of nitrogens with zero attached hydrogens (tertiary/aromatic N) is 5. The quantitative estimate of drug-likeness (QED) is 0.180. The van der Waals surface area contributed by atoms with Gasteiger partial charge in [-0.1, -0.05) is 18.2 Å². The van der Waals surface area contributed by atoms with Gasteiger partial charge in [0, 0.05) is 18.4 Å². The number of benzene rings is 1. The highest BCUT2D eigenvalue weighted by Crippen LogP contribution is 2.15. The molecule has 0 bridgehead atoms. The lowest BCUT2D eigenvalue weighted by Gasteiger charge is -2.12. The molecule has 1 saturated heterocycles. The van der Waals surface area contributed by atoms with Crippen LogP contribution in [0, 0.1) is 6.92 Å². The summed E-state index contributed by atoms with van der Waals surface area (Å²) in [6, 6.07) is 7.71. The Labute approximate surface area is 225 Å². The highest BCUT2D eigenvalue weighted by atomic mass is 16.7. The molecule has 0 atom stereocenters. The fraction of sp³-hybridized carbons (Fsp3) is 0.560. The van der Waals surface area contributed by atoms with Crippen LogP contribution in [0.25, 0.3) is 11.4 Å². The van der Waals surface area contributed by atoms with Gasteiger partial charge in [0.25, 0.3) is 11.8 Å². The van der Waals surface area contributed by atoms with Crippen molar-refractivity contribution in [2.45, 2.75) is 32.8 Å². The number of imide groups is 1. The van der Waals surface area contributed by atoms with E-state index in [9.17, 15) is 14.4 Å². The third kappa shape index (κ3) is 11.5. The average Bonchev–Trinajstić information content (AvgIpc) is 3.25. The SMILES string of the molecule is Cc1nnc(-c2cccc(COCCOCCOCCOCCOCCC(=O)ON3C(=O)CCC3=O)c2)nn1. The maximum atomic E-state index is 11.6. The van der Waals surface area contributed by atoms with Crippen LogP contribution >= 0.6 is 0 Å². The monoisotopic (exact) mass is 547 g/mol. The van der Waals surface area contributed by atoms with Gasteiger partial charge in [-0.3, -0.25) is 9.59 Å². The average molecular weight is 548 g/mol. The van der Waals surface area contributed by atoms with E-state index >= 15 is 0 Å². The molecule has 212 valence electrons. The molecule has 2 aromatic rings. The second kappa shape index (κ2) is 17.2. The molecule has 2 heterocycles. The molecule has 3 rings (SSSR count). The highest BCUT2D eigenvalue weighted by Gasteiger charge is 2.32. The third-order valence-electron chi connectivity index (χ3n) is 5.17. The summed E-state index contributed by atoms with van der Waals surface area (Å²) < 4.78 is 27.2. The molecule has 0 aliphatic carbocycles. The van der Waals surface area contributed by atoms with Gasteiger partial charge in [0.05, 0.1) is 72.5 Å². The lowest BCUT2D eigenvalue weighted by atomic mass is 10.1. The van der Waals surface area contributed by atoms with E-state index < -0.39 is 17.8 Å². The van der Waals surface area contributed by atoms with Gasteiger partial charge in [0.15, 0.2) is 5.82 Å². The molecular formula is C25H33N5O9. The van der Waals surface area contributed by atoms with Gasteiger partial charge < -0.3 is 28.5 Å². The van der Waals surface area contributed by atoms with Crippen LogP contribution in [0.2, 0.25) is 0 Å². The van der Waals surface area contributed by atoms with Crippen LogP contribution in [0.5, 0.6) is 0 Å². The van der Waals surface area contributed by atoms with E-state index in [1.165, 1.54) is 0 Å². The predicted octanol–water partition coefficient (Wildman–Crippen LogP) is 0.822. The van der Waals surface area contributed by atoms with E-state index in [-0.39, 0.29) is 32.5 Å². The molecule has 0 unspecified atom stereocenters. The van der Waals surface area contributed by atoms with Gasteiger partial charge in [0.1, 0.15) is 0 Å². The first-order valence-electron chi connectivity index (χ1n) is 12.6. The second-order valence-electron chi connectivity index (χ2n) is 8.27. The summed E-state index contributed by atoms with van der Waals surface area (Å²) >= 11 is 0. The fourth-order valence-electron chi connectivity index (χ4n) is 3.23. The Hall–Kier alpha value is -3.43. The van der Waals surface area contributed by atoms with Crippen molar-refractivity contribution in [3.8, 4) is 11.4 Å². The minimum Gasteiger partial charge on any atom is -0.378 e. The van der Waals surface area contributed by atoms with Crippen molar-refractivity contribution in [2.24, 2.45) is 0 Å². The highest BCUT2D eigenvalue weighted by molar-refractivity contribution is 6.01. The molecule has 1 aromatic carbocycles. The first kappa shape index (κ1) is 30.1. The van der Waals surface area contributed by atoms with Crippen LogP contribution < -0.4 is 0 Å². The number of aromatic nitrogens is 4. The van der Waals surface area contributed by atoms with Crippen molar-refractivity contribution >= 4 is 17.8 Å². The Bertz CT molecular complexity index is 1040. The Balaban J connectivity index is 1.08. The zero-order valence-corrected chi connectivity index (χ0v) is 21.9. The van der Waals surface area contributed by atoms with Crippen molar-refractivity contribution in [1.82, 2.24) is 25.5 Å². The summed E-state index contributed by atoms with van der Waals surface area (Å²) in [6.07, 6.45) is 0.0507. The second-order valence-corrected chi connectivity index (χ2v) is 8.27. The molecule has 39 heavy (non-hydrogen) atoms. The Morgan fingerprint density at radius 2 is 1.31 bits per heavy atom. The van der Waals surface area contributed by atoms with Crippen molar-refractivity contribution in [2.75, 3.05) is 59.5 Å². The van der Waals surface area contributed by atoms with Gasteiger partial charge in [0.2, 0.25) is 5.82 Å². The number of carbonyl (C=O) groups is 3. The van der Waals surface area contributed by atoms with Crippen LogP contribution in [0.4, 0.5) is 0 Å². The molecule has 2 amide bonds. The smallest absolute Gasteiger partial charge is 0.335 e. The maximum Gasteiger partial charge on any atom is 0.335 e. The number of rotatable bonds is 19. The summed E-state index contributed by atoms with van der Waals surface area (Å²) in [6.45, 7) is 5.48. The van der Waals surface area contributed by atoms with Crippen LogP contribution in [-0.2, 0) is 49.5 Å². The molecule has 1 aromatic heterocycles. The number of hydrogen-bond acceptors (Lipinski definition) is 13. The molecule has 0 radical (unpaired) electrons. The normalized spacial score (nSPS) is 13.3. The van der Waals surface area contributed by atoms with Gasteiger partial charge in [-0.25, -0.2) is 4.79 Å². The lowest BCUT2D eigenvalue weighted by molar-refractivity contribution is -0.198. The van der Waals surface area contributed by atoms with Gasteiger partial charge in [-0.15, -0.1) is 25.5 Å². The molecule has 1 fully saturated rings. The molecule has 0 spiro atoms. The van der Waals surface area contributed by atoms with Crippen LogP contribution in [-0.4, -0.2) is 103 Å². The summed E-state index contributed by atoms with van der Waals surface area (Å²) in [7, 11) is 0. The summed E-state index contributed by atoms with van der Waals surface area (Å²) in [4.78, 5) is 39.1. The minimum atomic E-state index is -0.697. The van der Waals surface area contributed by atoms with E-state index in [0.29, 0.717) is 69.6 Å². The lowest BCUT2D eigenvalue weighted by Crippen LogP contribution is -2.32. The molecule has 1 aliphatic heterocycles. The number of aryl methyl sites for hydroxylation is 1. The summed E-state index contributed by atoms with van der Waals surface area (Å²) in [5.74, 6) is -0.723. The van der Waals surface area contributed by atoms with Crippen molar-refractivity contribution in [1.29, 1.82) is 0 Å². The standard InChI is InChI=1S/C25H33N5O9/c1-19-26-28-25(29-27-19)21-4-2-3-20(17-21)18-38-16-15-37-14-13-36-12-11-35-10-9-34-8-7-24(33)39-30-22(31)5-6-23(30)32/h2-4,17H,5-16,18H2,1H3. The van der Waals surface area contributed by atoms with Gasteiger partial charge in [-0.2, -0.15) is 0 Å². The molecular weight excluding hydrogens is 514 g/mol. The first-order chi connectivity index (χ1) is 19.0. The largest absolute Gasteiger partial charge is 0.378 e. The van der Waals surface area contributed by atoms with E-state index in [1.807, 2.05) is 24.3 Å². The number of carbonyl (C=O) groups excluding carboxylic acids is 3. The minimum absolute atomic E-state index is 0.0612. The molecule has 0 saturated carbocycles.